The molecule has 3 N–H and O–H groups in total. The van der Waals surface area contributed by atoms with Crippen molar-refractivity contribution < 1.29 is 9.53 Å². The van der Waals surface area contributed by atoms with E-state index in [4.69, 9.17) is 16.3 Å². The standard InChI is InChI=1S/C28H24ClN5O2/c29-15-26(35)30-16-19-6-8-21(9-7-19)25-14-24-27(31-18-32-28(24)34-25)33-22-10-12-23(13-11-22)36-17-20-4-2-1-3-5-20/h1-14,18H,15-17H2,(H,30,35)(H2,31,32,33,34). The number of carbonyl (C=O) groups excluding carboxylic acids is 1. The second-order valence-electron chi connectivity index (χ2n) is 8.20. The number of aromatic nitrogens is 3. The van der Waals surface area contributed by atoms with Crippen LogP contribution in [0.1, 0.15) is 11.1 Å². The number of H-pyrrole nitrogens is 1. The summed E-state index contributed by atoms with van der Waals surface area (Å²) in [5.41, 5.74) is 5.68. The molecule has 0 fully saturated rings. The Balaban J connectivity index is 1.27. The van der Waals surface area contributed by atoms with Crippen LogP contribution in [-0.4, -0.2) is 26.7 Å². The fourth-order valence-corrected chi connectivity index (χ4v) is 3.85. The van der Waals surface area contributed by atoms with E-state index in [9.17, 15) is 4.79 Å². The Morgan fingerprint density at radius 2 is 1.69 bits per heavy atom. The van der Waals surface area contributed by atoms with E-state index in [2.05, 4.69) is 25.6 Å². The number of benzene rings is 3. The van der Waals surface area contributed by atoms with Crippen molar-refractivity contribution in [2.24, 2.45) is 0 Å². The molecule has 0 aliphatic rings. The lowest BCUT2D eigenvalue weighted by atomic mass is 10.1. The van der Waals surface area contributed by atoms with Crippen LogP contribution < -0.4 is 15.4 Å². The summed E-state index contributed by atoms with van der Waals surface area (Å²) in [5.74, 6) is 1.27. The Bertz CT molecular complexity index is 1450. The first-order valence-corrected chi connectivity index (χ1v) is 12.0. The predicted molar refractivity (Wildman–Crippen MR) is 142 cm³/mol. The summed E-state index contributed by atoms with van der Waals surface area (Å²) in [7, 11) is 0. The average molecular weight is 498 g/mol. The molecule has 2 heterocycles. The minimum absolute atomic E-state index is 0.0449. The molecule has 0 unspecified atom stereocenters. The molecule has 0 saturated carbocycles. The molecule has 7 nitrogen and oxygen atoms in total. The lowest BCUT2D eigenvalue weighted by Crippen LogP contribution is -2.23. The Morgan fingerprint density at radius 1 is 0.917 bits per heavy atom. The molecule has 180 valence electrons. The number of nitrogens with one attached hydrogen (secondary N) is 3. The van der Waals surface area contributed by atoms with Crippen molar-refractivity contribution in [3.05, 3.63) is 102 Å². The largest absolute Gasteiger partial charge is 0.489 e. The average Bonchev–Trinajstić information content (AvgIpc) is 3.38. The number of hydrogen-bond acceptors (Lipinski definition) is 5. The Kier molecular flexibility index (Phi) is 7.10. The van der Waals surface area contributed by atoms with E-state index in [0.717, 1.165) is 44.9 Å². The van der Waals surface area contributed by atoms with Crippen LogP contribution in [0.2, 0.25) is 0 Å². The Hall–Kier alpha value is -4.36. The Morgan fingerprint density at radius 3 is 2.44 bits per heavy atom. The maximum absolute atomic E-state index is 11.4. The number of amides is 1. The third kappa shape index (κ3) is 5.64. The maximum atomic E-state index is 11.4. The van der Waals surface area contributed by atoms with Gasteiger partial charge in [-0.1, -0.05) is 54.6 Å². The highest BCUT2D eigenvalue weighted by Crippen LogP contribution is 2.29. The highest BCUT2D eigenvalue weighted by atomic mass is 35.5. The number of aromatic amines is 1. The number of ether oxygens (including phenoxy) is 1. The number of fused-ring (bicyclic) bond motifs is 1. The van der Waals surface area contributed by atoms with Gasteiger partial charge in [-0.25, -0.2) is 9.97 Å². The maximum Gasteiger partial charge on any atom is 0.235 e. The number of rotatable bonds is 9. The minimum Gasteiger partial charge on any atom is -0.489 e. The van der Waals surface area contributed by atoms with E-state index in [1.165, 1.54) is 6.33 Å². The third-order valence-electron chi connectivity index (χ3n) is 5.67. The van der Waals surface area contributed by atoms with Gasteiger partial charge in [-0.05, 0) is 47.0 Å². The van der Waals surface area contributed by atoms with E-state index in [0.29, 0.717) is 19.0 Å². The van der Waals surface area contributed by atoms with Gasteiger partial charge in [0.05, 0.1) is 5.39 Å². The summed E-state index contributed by atoms with van der Waals surface area (Å²) in [4.78, 5) is 23.6. The fourth-order valence-electron chi connectivity index (χ4n) is 3.76. The molecular weight excluding hydrogens is 474 g/mol. The van der Waals surface area contributed by atoms with Gasteiger partial charge in [0.15, 0.2) is 0 Å². The van der Waals surface area contributed by atoms with E-state index < -0.39 is 0 Å². The summed E-state index contributed by atoms with van der Waals surface area (Å²) in [6, 6.07) is 27.8. The molecule has 0 aliphatic heterocycles. The van der Waals surface area contributed by atoms with Crippen LogP contribution >= 0.6 is 11.6 Å². The number of carbonyl (C=O) groups is 1. The van der Waals surface area contributed by atoms with Crippen LogP contribution in [0.25, 0.3) is 22.3 Å². The second kappa shape index (κ2) is 10.9. The van der Waals surface area contributed by atoms with Gasteiger partial charge in [-0.15, -0.1) is 11.6 Å². The predicted octanol–water partition coefficient (Wildman–Crippen LogP) is 5.80. The zero-order valence-corrected chi connectivity index (χ0v) is 20.1. The SMILES string of the molecule is O=C(CCl)NCc1ccc(-c2cc3c(Nc4ccc(OCc5ccccc5)cc4)ncnc3[nH]2)cc1. The van der Waals surface area contributed by atoms with Crippen LogP contribution in [0.4, 0.5) is 11.5 Å². The normalized spacial score (nSPS) is 10.8. The minimum atomic E-state index is -0.190. The van der Waals surface area contributed by atoms with Crippen molar-refractivity contribution in [3.63, 3.8) is 0 Å². The fraction of sp³-hybridized carbons (Fsp3) is 0.107. The van der Waals surface area contributed by atoms with Gasteiger partial charge in [0.1, 0.15) is 36.0 Å². The lowest BCUT2D eigenvalue weighted by molar-refractivity contribution is -0.118. The quantitative estimate of drug-likeness (QED) is 0.224. The summed E-state index contributed by atoms with van der Waals surface area (Å²) >= 11 is 5.53. The van der Waals surface area contributed by atoms with Gasteiger partial charge in [0.25, 0.3) is 0 Å². The van der Waals surface area contributed by atoms with Crippen LogP contribution in [0, 0.1) is 0 Å². The van der Waals surface area contributed by atoms with Gasteiger partial charge in [-0.2, -0.15) is 0 Å². The second-order valence-corrected chi connectivity index (χ2v) is 8.47. The monoisotopic (exact) mass is 497 g/mol. The van der Waals surface area contributed by atoms with Crippen molar-refractivity contribution in [1.82, 2.24) is 20.3 Å². The number of alkyl halides is 1. The van der Waals surface area contributed by atoms with Gasteiger partial charge >= 0.3 is 0 Å². The zero-order chi connectivity index (χ0) is 24.7. The molecule has 5 rings (SSSR count). The molecule has 1 amide bonds. The van der Waals surface area contributed by atoms with Crippen molar-refractivity contribution in [1.29, 1.82) is 0 Å². The molecular formula is C28H24ClN5O2. The van der Waals surface area contributed by atoms with Crippen molar-refractivity contribution in [2.45, 2.75) is 13.2 Å². The van der Waals surface area contributed by atoms with Crippen molar-refractivity contribution in [2.75, 3.05) is 11.2 Å². The number of nitrogens with zero attached hydrogens (tertiary/aromatic N) is 2. The van der Waals surface area contributed by atoms with E-state index in [1.807, 2.05) is 84.9 Å². The summed E-state index contributed by atoms with van der Waals surface area (Å²) in [5, 5.41) is 7.03. The first-order chi connectivity index (χ1) is 17.7. The van der Waals surface area contributed by atoms with Gasteiger partial charge in [-0.3, -0.25) is 4.79 Å². The molecule has 36 heavy (non-hydrogen) atoms. The number of hydrogen-bond donors (Lipinski definition) is 3. The summed E-state index contributed by atoms with van der Waals surface area (Å²) < 4.78 is 5.88. The van der Waals surface area contributed by atoms with Gasteiger partial charge in [0, 0.05) is 17.9 Å². The summed E-state index contributed by atoms with van der Waals surface area (Å²) in [6.45, 7) is 0.962. The summed E-state index contributed by atoms with van der Waals surface area (Å²) in [6.07, 6.45) is 1.53. The topological polar surface area (TPSA) is 91.9 Å². The smallest absolute Gasteiger partial charge is 0.235 e. The van der Waals surface area contributed by atoms with Crippen molar-refractivity contribution in [3.8, 4) is 17.0 Å². The molecule has 0 aliphatic carbocycles. The van der Waals surface area contributed by atoms with Crippen LogP contribution in [-0.2, 0) is 17.9 Å². The Labute approximate surface area is 213 Å². The van der Waals surface area contributed by atoms with Crippen LogP contribution in [0.5, 0.6) is 5.75 Å². The van der Waals surface area contributed by atoms with Gasteiger partial charge < -0.3 is 20.4 Å². The molecule has 0 bridgehead atoms. The van der Waals surface area contributed by atoms with Crippen molar-refractivity contribution >= 4 is 40.0 Å². The first kappa shape index (κ1) is 23.4. The molecule has 3 aromatic carbocycles. The van der Waals surface area contributed by atoms with E-state index in [-0.39, 0.29) is 11.8 Å². The molecule has 0 spiro atoms. The first-order valence-electron chi connectivity index (χ1n) is 11.5. The molecule has 5 aromatic rings. The zero-order valence-electron chi connectivity index (χ0n) is 19.4. The molecule has 8 heteroatoms. The number of anilines is 2. The molecule has 2 aromatic heterocycles. The van der Waals surface area contributed by atoms with E-state index >= 15 is 0 Å². The van der Waals surface area contributed by atoms with Crippen LogP contribution in [0.15, 0.2) is 91.3 Å². The highest BCUT2D eigenvalue weighted by molar-refractivity contribution is 6.27. The molecule has 0 atom stereocenters. The van der Waals surface area contributed by atoms with E-state index in [1.54, 1.807) is 0 Å². The highest BCUT2D eigenvalue weighted by Gasteiger charge is 2.10. The number of halogens is 1. The van der Waals surface area contributed by atoms with Crippen LogP contribution in [0.3, 0.4) is 0 Å². The third-order valence-corrected chi connectivity index (χ3v) is 5.91. The molecule has 0 radical (unpaired) electrons. The molecule has 0 saturated heterocycles. The van der Waals surface area contributed by atoms with Gasteiger partial charge in [0.2, 0.25) is 5.91 Å². The lowest BCUT2D eigenvalue weighted by Gasteiger charge is -2.09.